The van der Waals surface area contributed by atoms with Gasteiger partial charge < -0.3 is 20.1 Å². The molecule has 40 heavy (non-hydrogen) atoms. The molecule has 0 unspecified atom stereocenters. The number of piperidine rings is 1. The summed E-state index contributed by atoms with van der Waals surface area (Å²) in [6.07, 6.45) is 4.35. The lowest BCUT2D eigenvalue weighted by molar-refractivity contribution is -0.152. The number of carbonyl (C=O) groups excluding carboxylic acids is 1. The van der Waals surface area contributed by atoms with Crippen molar-refractivity contribution in [1.82, 2.24) is 9.78 Å². The van der Waals surface area contributed by atoms with E-state index >= 15 is 0 Å². The van der Waals surface area contributed by atoms with Crippen molar-refractivity contribution in [3.63, 3.8) is 0 Å². The van der Waals surface area contributed by atoms with Crippen LogP contribution in [0.3, 0.4) is 0 Å². The normalized spacial score (nSPS) is 22.6. The molecule has 1 saturated heterocycles. The van der Waals surface area contributed by atoms with Gasteiger partial charge >= 0.3 is 0 Å². The summed E-state index contributed by atoms with van der Waals surface area (Å²) < 4.78 is 62.6. The number of carbonyl (C=O) groups is 1. The highest BCUT2D eigenvalue weighted by molar-refractivity contribution is 7.92. The van der Waals surface area contributed by atoms with E-state index in [4.69, 9.17) is 9.84 Å². The van der Waals surface area contributed by atoms with Gasteiger partial charge in [0.25, 0.3) is 5.91 Å². The monoisotopic (exact) mass is 579 g/mol. The van der Waals surface area contributed by atoms with E-state index in [1.165, 1.54) is 18.9 Å². The topological polar surface area (TPSA) is 126 Å². The largest absolute Gasteiger partial charge is 0.395 e. The van der Waals surface area contributed by atoms with Gasteiger partial charge in [0.05, 0.1) is 48.1 Å². The zero-order valence-electron chi connectivity index (χ0n) is 22.3. The van der Waals surface area contributed by atoms with Gasteiger partial charge in [0, 0.05) is 32.0 Å². The number of aromatic nitrogens is 2. The van der Waals surface area contributed by atoms with Crippen LogP contribution in [0.15, 0.2) is 24.3 Å². The van der Waals surface area contributed by atoms with Gasteiger partial charge in [-0.05, 0) is 62.1 Å². The number of halogens is 2. The molecular weight excluding hydrogens is 544 g/mol. The first kappa shape index (κ1) is 27.4. The van der Waals surface area contributed by atoms with Crippen LogP contribution in [0.25, 0.3) is 0 Å². The van der Waals surface area contributed by atoms with Crippen molar-refractivity contribution in [3.8, 4) is 0 Å². The molecule has 10 nitrogen and oxygen atoms in total. The summed E-state index contributed by atoms with van der Waals surface area (Å²) in [5.41, 5.74) is 1.60. The van der Waals surface area contributed by atoms with Crippen LogP contribution in [0.4, 0.5) is 26.0 Å². The first-order chi connectivity index (χ1) is 19.0. The minimum atomic E-state index is -3.74. The van der Waals surface area contributed by atoms with Crippen molar-refractivity contribution in [2.75, 3.05) is 47.0 Å². The smallest absolute Gasteiger partial charge is 0.258 e. The lowest BCUT2D eigenvalue weighted by Gasteiger charge is -2.42. The van der Waals surface area contributed by atoms with E-state index < -0.39 is 39.8 Å². The first-order valence-corrected chi connectivity index (χ1v) is 15.6. The Morgan fingerprint density at radius 1 is 1.02 bits per heavy atom. The van der Waals surface area contributed by atoms with Crippen LogP contribution in [0.5, 0.6) is 0 Å². The van der Waals surface area contributed by atoms with Crippen molar-refractivity contribution in [1.29, 1.82) is 0 Å². The number of anilines is 3. The van der Waals surface area contributed by atoms with E-state index in [2.05, 4.69) is 20.0 Å². The van der Waals surface area contributed by atoms with Crippen LogP contribution in [0, 0.1) is 5.41 Å². The molecule has 2 aliphatic heterocycles. The molecule has 0 bridgehead atoms. The van der Waals surface area contributed by atoms with Crippen molar-refractivity contribution < 1.29 is 31.8 Å². The average Bonchev–Trinajstić information content (AvgIpc) is 3.52. The molecule has 0 atom stereocenters. The van der Waals surface area contributed by atoms with Crippen LogP contribution in [0.2, 0.25) is 0 Å². The molecule has 1 aromatic heterocycles. The Morgan fingerprint density at radius 3 is 2.42 bits per heavy atom. The minimum Gasteiger partial charge on any atom is -0.395 e. The Balaban J connectivity index is 1.25. The highest BCUT2D eigenvalue weighted by Gasteiger charge is 2.48. The second-order valence-electron chi connectivity index (χ2n) is 11.7. The number of rotatable bonds is 7. The fourth-order valence-corrected chi connectivity index (χ4v) is 7.15. The number of ether oxygens (including phenoxy) is 1. The van der Waals surface area contributed by atoms with Gasteiger partial charge in [0.1, 0.15) is 5.60 Å². The summed E-state index contributed by atoms with van der Waals surface area (Å²) in [5, 5.41) is 16.5. The number of nitrogens with zero attached hydrogens (tertiary/aromatic N) is 3. The molecule has 2 aromatic rings. The molecule has 218 valence electrons. The molecule has 6 rings (SSSR count). The lowest BCUT2D eigenvalue weighted by atomic mass is 9.79. The van der Waals surface area contributed by atoms with E-state index in [0.717, 1.165) is 25.9 Å². The van der Waals surface area contributed by atoms with Crippen LogP contribution in [-0.4, -0.2) is 67.2 Å². The van der Waals surface area contributed by atoms with Crippen molar-refractivity contribution in [3.05, 3.63) is 35.5 Å². The second kappa shape index (κ2) is 9.95. The second-order valence-corrected chi connectivity index (χ2v) is 13.5. The number of aliphatic hydroxyl groups excluding tert-OH is 1. The average molecular weight is 580 g/mol. The zero-order chi connectivity index (χ0) is 28.2. The minimum absolute atomic E-state index is 0.188. The third-order valence-electron chi connectivity index (χ3n) is 8.96. The van der Waals surface area contributed by atoms with Crippen molar-refractivity contribution in [2.45, 2.75) is 69.4 Å². The molecule has 1 amide bonds. The van der Waals surface area contributed by atoms with Gasteiger partial charge in [0.15, 0.2) is 5.82 Å². The predicted molar refractivity (Wildman–Crippen MR) is 145 cm³/mol. The maximum absolute atomic E-state index is 13.9. The number of nitrogens with one attached hydrogen (secondary N) is 2. The quantitative estimate of drug-likeness (QED) is 0.457. The van der Waals surface area contributed by atoms with E-state index in [0.29, 0.717) is 47.0 Å². The summed E-state index contributed by atoms with van der Waals surface area (Å²) in [5.74, 6) is -3.20. The Kier molecular flexibility index (Phi) is 6.82. The summed E-state index contributed by atoms with van der Waals surface area (Å²) in [6, 6.07) is 6.50. The van der Waals surface area contributed by atoms with Crippen LogP contribution in [-0.2, 0) is 26.9 Å². The third kappa shape index (κ3) is 5.42. The molecule has 1 aromatic carbocycles. The molecule has 13 heteroatoms. The molecule has 2 saturated carbocycles. The highest BCUT2D eigenvalue weighted by atomic mass is 32.2. The highest BCUT2D eigenvalue weighted by Crippen LogP contribution is 2.54. The van der Waals surface area contributed by atoms with Gasteiger partial charge in [-0.25, -0.2) is 17.2 Å². The fourth-order valence-electron chi connectivity index (χ4n) is 6.32. The number of fused-ring (bicyclic) bond motifs is 2. The van der Waals surface area contributed by atoms with Crippen molar-refractivity contribution >= 4 is 33.1 Å². The first-order valence-electron chi connectivity index (χ1n) is 13.9. The van der Waals surface area contributed by atoms with Gasteiger partial charge in [-0.15, -0.1) is 0 Å². The summed E-state index contributed by atoms with van der Waals surface area (Å²) >= 11 is 0. The van der Waals surface area contributed by atoms with E-state index in [1.54, 1.807) is 22.9 Å². The molecule has 3 N–H and O–H groups in total. The molecular formula is C27H35F2N5O5S. The SMILES string of the molecule is O=C(Nc1cc2n(n1)CCOC21CCC(F)(F)CC1)c1ccc(NS(=O)(=O)CCO)cc1N1CCC2(CC1)CC2. The summed E-state index contributed by atoms with van der Waals surface area (Å²) in [4.78, 5) is 15.7. The van der Waals surface area contributed by atoms with Crippen molar-refractivity contribution in [2.24, 2.45) is 5.41 Å². The molecule has 3 heterocycles. The molecule has 4 aliphatic rings. The van der Waals surface area contributed by atoms with Crippen LogP contribution < -0.4 is 14.9 Å². The zero-order valence-corrected chi connectivity index (χ0v) is 23.1. The predicted octanol–water partition coefficient (Wildman–Crippen LogP) is 3.68. The van der Waals surface area contributed by atoms with E-state index in [-0.39, 0.29) is 25.7 Å². The molecule has 2 spiro atoms. The number of hydrogen-bond donors (Lipinski definition) is 3. The van der Waals surface area contributed by atoms with Gasteiger partial charge in [-0.3, -0.25) is 14.2 Å². The number of alkyl halides is 2. The molecule has 0 radical (unpaired) electrons. The fraction of sp³-hybridized carbons (Fsp3) is 0.630. The number of amides is 1. The summed E-state index contributed by atoms with van der Waals surface area (Å²) in [6.45, 7) is 1.85. The standard InChI is InChI=1S/C27H35F2N5O5S/c28-27(29)7-5-26(6-8-27)22-18-23(31-34(22)13-15-39-26)30-24(36)20-2-1-19(32-40(37,38)16-14-35)17-21(20)33-11-9-25(3-4-25)10-12-33/h1-2,17-18,32,35H,3-16H2,(H,30,31,36). The van der Waals surface area contributed by atoms with Crippen LogP contribution in [0.1, 0.15) is 67.4 Å². The lowest BCUT2D eigenvalue weighted by Crippen LogP contribution is -2.43. The van der Waals surface area contributed by atoms with E-state index in [1.807, 2.05) is 0 Å². The maximum atomic E-state index is 13.9. The number of sulfonamides is 1. The maximum Gasteiger partial charge on any atom is 0.258 e. The Morgan fingerprint density at radius 2 is 1.75 bits per heavy atom. The van der Waals surface area contributed by atoms with Gasteiger partial charge in [0.2, 0.25) is 15.9 Å². The summed E-state index contributed by atoms with van der Waals surface area (Å²) in [7, 11) is -3.74. The number of aliphatic hydroxyl groups is 1. The molecule has 3 fully saturated rings. The Labute approximate surface area is 232 Å². The number of hydrogen-bond acceptors (Lipinski definition) is 7. The Bertz CT molecular complexity index is 1390. The number of benzene rings is 1. The van der Waals surface area contributed by atoms with Gasteiger partial charge in [-0.1, -0.05) is 0 Å². The van der Waals surface area contributed by atoms with E-state index in [9.17, 15) is 22.0 Å². The Hall–Kier alpha value is -2.77. The van der Waals surface area contributed by atoms with Gasteiger partial charge in [-0.2, -0.15) is 5.10 Å². The molecule has 2 aliphatic carbocycles. The third-order valence-corrected chi connectivity index (χ3v) is 10.2. The van der Waals surface area contributed by atoms with Crippen LogP contribution >= 0.6 is 0 Å².